The minimum absolute atomic E-state index is 0.146. The number of hydrogen-bond acceptors (Lipinski definition) is 5. The highest BCUT2D eigenvalue weighted by Crippen LogP contribution is 2.18. The van der Waals surface area contributed by atoms with Gasteiger partial charge in [0.2, 0.25) is 11.8 Å². The molecule has 1 fully saturated rings. The lowest BCUT2D eigenvalue weighted by Crippen LogP contribution is -2.39. The number of aryl methyl sites for hydroxylation is 1. The number of aromatic nitrogens is 2. The monoisotopic (exact) mass is 209 g/mol. The standard InChI is InChI=1S/C10H15N3O2/c1-3-11-10-12-4-7(2)9(13-10)15-8-5-14-6-8/h4,8H,3,5-6H2,1-2H3,(H,11,12,13). The van der Waals surface area contributed by atoms with E-state index in [0.29, 0.717) is 25.0 Å². The van der Waals surface area contributed by atoms with Gasteiger partial charge in [-0.15, -0.1) is 0 Å². The first-order chi connectivity index (χ1) is 7.29. The molecule has 0 amide bonds. The second-order valence-electron chi connectivity index (χ2n) is 3.49. The van der Waals surface area contributed by atoms with Crippen LogP contribution in [0.1, 0.15) is 12.5 Å². The van der Waals surface area contributed by atoms with Crippen LogP contribution in [0.3, 0.4) is 0 Å². The Kier molecular flexibility index (Phi) is 3.01. The first-order valence-electron chi connectivity index (χ1n) is 5.11. The normalized spacial score (nSPS) is 15.9. The third-order valence-electron chi connectivity index (χ3n) is 2.15. The quantitative estimate of drug-likeness (QED) is 0.801. The largest absolute Gasteiger partial charge is 0.469 e. The molecule has 1 aromatic heterocycles. The molecule has 0 spiro atoms. The summed E-state index contributed by atoms with van der Waals surface area (Å²) in [7, 11) is 0. The highest BCUT2D eigenvalue weighted by Gasteiger charge is 2.21. The summed E-state index contributed by atoms with van der Waals surface area (Å²) < 4.78 is 10.7. The van der Waals surface area contributed by atoms with Crippen LogP contribution in [0.4, 0.5) is 5.95 Å². The molecule has 0 aliphatic carbocycles. The molecule has 5 nitrogen and oxygen atoms in total. The summed E-state index contributed by atoms with van der Waals surface area (Å²) >= 11 is 0. The molecule has 1 saturated heterocycles. The van der Waals surface area contributed by atoms with Crippen molar-refractivity contribution in [2.24, 2.45) is 0 Å². The predicted octanol–water partition coefficient (Wildman–Crippen LogP) is 0.994. The fraction of sp³-hybridized carbons (Fsp3) is 0.600. The summed E-state index contributed by atoms with van der Waals surface area (Å²) in [6, 6.07) is 0. The first kappa shape index (κ1) is 10.2. The molecule has 0 saturated carbocycles. The van der Waals surface area contributed by atoms with Gasteiger partial charge in [0.1, 0.15) is 6.10 Å². The average Bonchev–Trinajstić information content (AvgIpc) is 2.16. The Morgan fingerprint density at radius 1 is 1.60 bits per heavy atom. The Labute approximate surface area is 88.8 Å². The third-order valence-corrected chi connectivity index (χ3v) is 2.15. The Balaban J connectivity index is 2.08. The van der Waals surface area contributed by atoms with Crippen LogP contribution < -0.4 is 10.1 Å². The Hall–Kier alpha value is -1.36. The molecule has 1 aliphatic heterocycles. The summed E-state index contributed by atoms with van der Waals surface area (Å²) in [5.74, 6) is 1.26. The van der Waals surface area contributed by atoms with E-state index >= 15 is 0 Å². The van der Waals surface area contributed by atoms with Gasteiger partial charge < -0.3 is 14.8 Å². The Morgan fingerprint density at radius 2 is 2.40 bits per heavy atom. The topological polar surface area (TPSA) is 56.3 Å². The van der Waals surface area contributed by atoms with Gasteiger partial charge in [0.15, 0.2) is 0 Å². The van der Waals surface area contributed by atoms with Gasteiger partial charge in [-0.3, -0.25) is 0 Å². The van der Waals surface area contributed by atoms with Crippen molar-refractivity contribution in [2.75, 3.05) is 25.1 Å². The van der Waals surface area contributed by atoms with Gasteiger partial charge >= 0.3 is 0 Å². The van der Waals surface area contributed by atoms with Gasteiger partial charge in [0.25, 0.3) is 0 Å². The maximum absolute atomic E-state index is 5.65. The van der Waals surface area contributed by atoms with Gasteiger partial charge in [-0.1, -0.05) is 0 Å². The molecule has 1 aromatic rings. The molecule has 82 valence electrons. The molecule has 2 rings (SSSR count). The van der Waals surface area contributed by atoms with Crippen LogP contribution in [0, 0.1) is 6.92 Å². The van der Waals surface area contributed by atoms with Crippen molar-refractivity contribution in [3.8, 4) is 5.88 Å². The minimum atomic E-state index is 0.146. The molecular formula is C10H15N3O2. The maximum Gasteiger partial charge on any atom is 0.225 e. The second kappa shape index (κ2) is 4.44. The average molecular weight is 209 g/mol. The zero-order valence-electron chi connectivity index (χ0n) is 8.99. The van der Waals surface area contributed by atoms with Crippen molar-refractivity contribution in [3.63, 3.8) is 0 Å². The summed E-state index contributed by atoms with van der Waals surface area (Å²) in [4.78, 5) is 8.43. The summed E-state index contributed by atoms with van der Waals surface area (Å²) in [6.45, 7) is 6.04. The molecule has 0 aromatic carbocycles. The van der Waals surface area contributed by atoms with Crippen molar-refractivity contribution < 1.29 is 9.47 Å². The predicted molar refractivity (Wildman–Crippen MR) is 56.2 cm³/mol. The number of anilines is 1. The lowest BCUT2D eigenvalue weighted by molar-refractivity contribution is -0.0815. The molecule has 0 radical (unpaired) electrons. The molecule has 0 atom stereocenters. The van der Waals surface area contributed by atoms with E-state index in [2.05, 4.69) is 15.3 Å². The number of hydrogen-bond donors (Lipinski definition) is 1. The number of nitrogens with one attached hydrogen (secondary N) is 1. The van der Waals surface area contributed by atoms with E-state index in [1.54, 1.807) is 6.20 Å². The minimum Gasteiger partial charge on any atom is -0.469 e. The van der Waals surface area contributed by atoms with Gasteiger partial charge in [0, 0.05) is 18.3 Å². The van der Waals surface area contributed by atoms with Crippen LogP contribution >= 0.6 is 0 Å². The van der Waals surface area contributed by atoms with Crippen molar-refractivity contribution in [3.05, 3.63) is 11.8 Å². The first-order valence-corrected chi connectivity index (χ1v) is 5.11. The Morgan fingerprint density at radius 3 is 3.00 bits per heavy atom. The number of nitrogens with zero attached hydrogens (tertiary/aromatic N) is 2. The van der Waals surface area contributed by atoms with Crippen LogP contribution in [-0.4, -0.2) is 35.8 Å². The number of rotatable bonds is 4. The fourth-order valence-electron chi connectivity index (χ4n) is 1.23. The van der Waals surface area contributed by atoms with Crippen LogP contribution in [0.15, 0.2) is 6.20 Å². The van der Waals surface area contributed by atoms with Crippen LogP contribution in [0.2, 0.25) is 0 Å². The van der Waals surface area contributed by atoms with Crippen molar-refractivity contribution in [1.29, 1.82) is 0 Å². The SMILES string of the molecule is CCNc1ncc(C)c(OC2COC2)n1. The molecule has 2 heterocycles. The van der Waals surface area contributed by atoms with E-state index in [1.165, 1.54) is 0 Å². The van der Waals surface area contributed by atoms with E-state index in [0.717, 1.165) is 12.1 Å². The van der Waals surface area contributed by atoms with Crippen molar-refractivity contribution >= 4 is 5.95 Å². The van der Waals surface area contributed by atoms with E-state index in [-0.39, 0.29) is 6.10 Å². The van der Waals surface area contributed by atoms with Gasteiger partial charge in [0.05, 0.1) is 13.2 Å². The van der Waals surface area contributed by atoms with Crippen molar-refractivity contribution in [2.45, 2.75) is 20.0 Å². The molecule has 1 aliphatic rings. The lowest BCUT2D eigenvalue weighted by Gasteiger charge is -2.26. The Bertz CT molecular complexity index is 339. The zero-order valence-corrected chi connectivity index (χ0v) is 8.99. The van der Waals surface area contributed by atoms with E-state index < -0.39 is 0 Å². The van der Waals surface area contributed by atoms with Crippen LogP contribution in [0.5, 0.6) is 5.88 Å². The zero-order chi connectivity index (χ0) is 10.7. The van der Waals surface area contributed by atoms with E-state index in [1.807, 2.05) is 13.8 Å². The highest BCUT2D eigenvalue weighted by molar-refractivity contribution is 5.32. The summed E-state index contributed by atoms with van der Waals surface area (Å²) in [5, 5.41) is 3.05. The second-order valence-corrected chi connectivity index (χ2v) is 3.49. The summed E-state index contributed by atoms with van der Waals surface area (Å²) in [6.07, 6.45) is 1.91. The smallest absolute Gasteiger partial charge is 0.225 e. The molecule has 15 heavy (non-hydrogen) atoms. The van der Waals surface area contributed by atoms with E-state index in [9.17, 15) is 0 Å². The number of ether oxygens (including phenoxy) is 2. The fourth-order valence-corrected chi connectivity index (χ4v) is 1.23. The van der Waals surface area contributed by atoms with Gasteiger partial charge in [-0.05, 0) is 13.8 Å². The van der Waals surface area contributed by atoms with Crippen LogP contribution in [0.25, 0.3) is 0 Å². The third kappa shape index (κ3) is 2.36. The molecule has 1 N–H and O–H groups in total. The van der Waals surface area contributed by atoms with Crippen molar-refractivity contribution in [1.82, 2.24) is 9.97 Å². The lowest BCUT2D eigenvalue weighted by atomic mass is 10.3. The molecular weight excluding hydrogens is 194 g/mol. The van der Waals surface area contributed by atoms with Gasteiger partial charge in [-0.25, -0.2) is 4.98 Å². The van der Waals surface area contributed by atoms with Gasteiger partial charge in [-0.2, -0.15) is 4.98 Å². The highest BCUT2D eigenvalue weighted by atomic mass is 16.6. The molecule has 0 bridgehead atoms. The molecule has 5 heteroatoms. The maximum atomic E-state index is 5.65. The van der Waals surface area contributed by atoms with Crippen LogP contribution in [-0.2, 0) is 4.74 Å². The summed E-state index contributed by atoms with van der Waals surface area (Å²) in [5.41, 5.74) is 0.948. The molecule has 0 unspecified atom stereocenters. The van der Waals surface area contributed by atoms with E-state index in [4.69, 9.17) is 9.47 Å².